The molecular formula is C17H18N2O2. The maximum atomic E-state index is 12.2. The molecule has 1 N–H and O–H groups in total. The van der Waals surface area contributed by atoms with Crippen LogP contribution in [0.15, 0.2) is 54.6 Å². The van der Waals surface area contributed by atoms with Crippen LogP contribution < -0.4 is 15.0 Å². The van der Waals surface area contributed by atoms with Crippen molar-refractivity contribution in [1.29, 1.82) is 0 Å². The molecule has 1 saturated heterocycles. The Kier molecular flexibility index (Phi) is 3.88. The Morgan fingerprint density at radius 2 is 1.86 bits per heavy atom. The number of amides is 1. The molecule has 0 spiro atoms. The number of nitrogens with zero attached hydrogens (tertiary/aromatic N) is 1. The number of carbonyl (C=O) groups excluding carboxylic acids is 1. The molecule has 0 saturated carbocycles. The molecule has 2 aromatic carbocycles. The molecule has 108 valence electrons. The lowest BCUT2D eigenvalue weighted by molar-refractivity contribution is -0.118. The van der Waals surface area contributed by atoms with E-state index in [-0.39, 0.29) is 11.9 Å². The number of nitrogens with one attached hydrogen (secondary N) is 1. The van der Waals surface area contributed by atoms with Gasteiger partial charge in [-0.25, -0.2) is 0 Å². The first-order chi connectivity index (χ1) is 10.3. The first-order valence-electron chi connectivity index (χ1n) is 7.09. The molecule has 4 heteroatoms. The van der Waals surface area contributed by atoms with Crippen LogP contribution in [0, 0.1) is 0 Å². The van der Waals surface area contributed by atoms with Gasteiger partial charge in [0, 0.05) is 18.3 Å². The van der Waals surface area contributed by atoms with E-state index in [0.717, 1.165) is 30.2 Å². The topological polar surface area (TPSA) is 41.6 Å². The number of hydrogen-bond donors (Lipinski definition) is 1. The molecule has 1 atom stereocenters. The summed E-state index contributed by atoms with van der Waals surface area (Å²) in [6.45, 7) is 0.735. The third kappa shape index (κ3) is 2.90. The number of hydrogen-bond acceptors (Lipinski definition) is 3. The van der Waals surface area contributed by atoms with Crippen LogP contribution in [0.3, 0.4) is 0 Å². The van der Waals surface area contributed by atoms with Crippen LogP contribution in [0.1, 0.15) is 6.42 Å². The van der Waals surface area contributed by atoms with Gasteiger partial charge in [-0.2, -0.15) is 0 Å². The highest BCUT2D eigenvalue weighted by atomic mass is 16.5. The average molecular weight is 282 g/mol. The monoisotopic (exact) mass is 282 g/mol. The molecule has 21 heavy (non-hydrogen) atoms. The lowest BCUT2D eigenvalue weighted by atomic mass is 10.2. The Hall–Kier alpha value is -2.33. The molecule has 1 unspecified atom stereocenters. The van der Waals surface area contributed by atoms with Gasteiger partial charge in [0.2, 0.25) is 5.91 Å². The first-order valence-corrected chi connectivity index (χ1v) is 7.09. The van der Waals surface area contributed by atoms with E-state index in [1.54, 1.807) is 4.90 Å². The van der Waals surface area contributed by atoms with E-state index in [2.05, 4.69) is 5.32 Å². The number of para-hydroxylation sites is 1. The summed E-state index contributed by atoms with van der Waals surface area (Å²) in [5.41, 5.74) is 0.881. The van der Waals surface area contributed by atoms with Crippen LogP contribution in [0.5, 0.6) is 11.5 Å². The van der Waals surface area contributed by atoms with Crippen molar-refractivity contribution >= 4 is 11.6 Å². The van der Waals surface area contributed by atoms with E-state index in [9.17, 15) is 4.79 Å². The summed E-state index contributed by atoms with van der Waals surface area (Å²) in [6.07, 6.45) is 0.832. The molecule has 0 aliphatic carbocycles. The van der Waals surface area contributed by atoms with E-state index >= 15 is 0 Å². The van der Waals surface area contributed by atoms with Gasteiger partial charge in [-0.1, -0.05) is 24.3 Å². The molecule has 1 aliphatic heterocycles. The van der Waals surface area contributed by atoms with Crippen LogP contribution in [-0.4, -0.2) is 25.5 Å². The average Bonchev–Trinajstić information content (AvgIpc) is 2.89. The number of carbonyl (C=O) groups is 1. The number of anilines is 1. The molecule has 1 aliphatic rings. The Labute approximate surface area is 124 Å². The van der Waals surface area contributed by atoms with Crippen molar-refractivity contribution in [2.24, 2.45) is 0 Å². The highest BCUT2D eigenvalue weighted by molar-refractivity contribution is 5.99. The predicted octanol–water partition coefficient (Wildman–Crippen LogP) is 2.80. The standard InChI is InChI=1S/C17H18N2O2/c1-18-16-10-11-19(17(16)20)13-6-5-9-15(12-13)21-14-7-3-2-4-8-14/h2-9,12,16,18H,10-11H2,1H3. The highest BCUT2D eigenvalue weighted by Crippen LogP contribution is 2.28. The van der Waals surface area contributed by atoms with Crippen LogP contribution in [-0.2, 0) is 4.79 Å². The van der Waals surface area contributed by atoms with Crippen molar-refractivity contribution in [2.75, 3.05) is 18.5 Å². The summed E-state index contributed by atoms with van der Waals surface area (Å²) >= 11 is 0. The second-order valence-electron chi connectivity index (χ2n) is 5.03. The minimum atomic E-state index is -0.0799. The fraction of sp³-hybridized carbons (Fsp3) is 0.235. The van der Waals surface area contributed by atoms with Crippen LogP contribution in [0.4, 0.5) is 5.69 Å². The second-order valence-corrected chi connectivity index (χ2v) is 5.03. The summed E-state index contributed by atoms with van der Waals surface area (Å²) in [5, 5.41) is 3.05. The van der Waals surface area contributed by atoms with E-state index in [1.807, 2.05) is 61.6 Å². The van der Waals surface area contributed by atoms with Crippen molar-refractivity contribution in [3.63, 3.8) is 0 Å². The lowest BCUT2D eigenvalue weighted by Gasteiger charge is -2.17. The zero-order valence-electron chi connectivity index (χ0n) is 12.0. The molecule has 3 rings (SSSR count). The molecule has 1 amide bonds. The van der Waals surface area contributed by atoms with Crippen LogP contribution >= 0.6 is 0 Å². The SMILES string of the molecule is CNC1CCN(c2cccc(Oc3ccccc3)c2)C1=O. The minimum Gasteiger partial charge on any atom is -0.457 e. The van der Waals surface area contributed by atoms with Crippen molar-refractivity contribution < 1.29 is 9.53 Å². The zero-order valence-corrected chi connectivity index (χ0v) is 12.0. The number of ether oxygens (including phenoxy) is 1. The van der Waals surface area contributed by atoms with Crippen LogP contribution in [0.25, 0.3) is 0 Å². The third-order valence-corrected chi connectivity index (χ3v) is 3.66. The summed E-state index contributed by atoms with van der Waals surface area (Å²) in [6, 6.07) is 17.2. The molecule has 0 bridgehead atoms. The van der Waals surface area contributed by atoms with Crippen molar-refractivity contribution in [3.8, 4) is 11.5 Å². The number of benzene rings is 2. The first kappa shape index (κ1) is 13.6. The van der Waals surface area contributed by atoms with Gasteiger partial charge in [0.15, 0.2) is 0 Å². The molecule has 0 radical (unpaired) electrons. The zero-order chi connectivity index (χ0) is 14.7. The third-order valence-electron chi connectivity index (χ3n) is 3.66. The van der Waals surface area contributed by atoms with Crippen molar-refractivity contribution in [2.45, 2.75) is 12.5 Å². The fourth-order valence-corrected chi connectivity index (χ4v) is 2.54. The molecule has 0 aromatic heterocycles. The van der Waals surface area contributed by atoms with Crippen LogP contribution in [0.2, 0.25) is 0 Å². The van der Waals surface area contributed by atoms with Crippen molar-refractivity contribution in [3.05, 3.63) is 54.6 Å². The molecule has 2 aromatic rings. The summed E-state index contributed by atoms with van der Waals surface area (Å²) in [4.78, 5) is 14.0. The summed E-state index contributed by atoms with van der Waals surface area (Å²) < 4.78 is 5.81. The van der Waals surface area contributed by atoms with Gasteiger partial charge in [0.05, 0.1) is 6.04 Å². The van der Waals surface area contributed by atoms with Gasteiger partial charge < -0.3 is 15.0 Å². The lowest BCUT2D eigenvalue weighted by Crippen LogP contribution is -2.36. The van der Waals surface area contributed by atoms with Gasteiger partial charge in [0.1, 0.15) is 11.5 Å². The predicted molar refractivity (Wildman–Crippen MR) is 82.8 cm³/mol. The fourth-order valence-electron chi connectivity index (χ4n) is 2.54. The number of rotatable bonds is 4. The molecule has 1 fully saturated rings. The maximum absolute atomic E-state index is 12.2. The van der Waals surface area contributed by atoms with Crippen molar-refractivity contribution in [1.82, 2.24) is 5.32 Å². The normalized spacial score (nSPS) is 18.0. The van der Waals surface area contributed by atoms with Gasteiger partial charge in [-0.05, 0) is 37.7 Å². The maximum Gasteiger partial charge on any atom is 0.244 e. The van der Waals surface area contributed by atoms with E-state index in [4.69, 9.17) is 4.74 Å². The second kappa shape index (κ2) is 5.97. The van der Waals surface area contributed by atoms with Gasteiger partial charge in [0.25, 0.3) is 0 Å². The van der Waals surface area contributed by atoms with E-state index < -0.39 is 0 Å². The van der Waals surface area contributed by atoms with E-state index in [1.165, 1.54) is 0 Å². The largest absolute Gasteiger partial charge is 0.457 e. The smallest absolute Gasteiger partial charge is 0.244 e. The molecular weight excluding hydrogens is 264 g/mol. The summed E-state index contributed by atoms with van der Waals surface area (Å²) in [5.74, 6) is 1.64. The van der Waals surface area contributed by atoms with E-state index in [0.29, 0.717) is 0 Å². The Morgan fingerprint density at radius 1 is 1.10 bits per heavy atom. The summed E-state index contributed by atoms with van der Waals surface area (Å²) in [7, 11) is 1.82. The Morgan fingerprint density at radius 3 is 2.57 bits per heavy atom. The van der Waals surface area contributed by atoms with Gasteiger partial charge in [-0.15, -0.1) is 0 Å². The Bertz CT molecular complexity index is 628. The van der Waals surface area contributed by atoms with Gasteiger partial charge >= 0.3 is 0 Å². The minimum absolute atomic E-state index is 0.0799. The quantitative estimate of drug-likeness (QED) is 0.937. The number of likely N-dealkylation sites (N-methyl/N-ethyl adjacent to an activating group) is 1. The Balaban J connectivity index is 1.79. The van der Waals surface area contributed by atoms with Gasteiger partial charge in [-0.3, -0.25) is 4.79 Å². The molecule has 4 nitrogen and oxygen atoms in total. The highest BCUT2D eigenvalue weighted by Gasteiger charge is 2.31. The molecule has 1 heterocycles.